The minimum absolute atomic E-state index is 0.442. The molecule has 1 rings (SSSR count). The van der Waals surface area contributed by atoms with Crippen LogP contribution in [-0.4, -0.2) is 64.1 Å². The van der Waals surface area contributed by atoms with Crippen LogP contribution in [0.5, 0.6) is 0 Å². The molecule has 4 heteroatoms. The third-order valence-corrected chi connectivity index (χ3v) is 2.91. The molecule has 16 heavy (non-hydrogen) atoms. The van der Waals surface area contributed by atoms with Crippen LogP contribution < -0.4 is 5.32 Å². The first-order valence-electron chi connectivity index (χ1n) is 6.24. The summed E-state index contributed by atoms with van der Waals surface area (Å²) in [5.41, 5.74) is 0. The summed E-state index contributed by atoms with van der Waals surface area (Å²) in [5, 5.41) is 3.49. The zero-order valence-electron chi connectivity index (χ0n) is 10.9. The van der Waals surface area contributed by atoms with Crippen LogP contribution in [0.25, 0.3) is 0 Å². The maximum Gasteiger partial charge on any atom is 0.0613 e. The fourth-order valence-electron chi connectivity index (χ4n) is 2.00. The molecule has 1 aliphatic rings. The van der Waals surface area contributed by atoms with Crippen molar-refractivity contribution in [1.29, 1.82) is 0 Å². The molecule has 0 spiro atoms. The highest BCUT2D eigenvalue weighted by Gasteiger charge is 2.13. The Morgan fingerprint density at radius 2 is 2.00 bits per heavy atom. The molecule has 0 radical (unpaired) electrons. The predicted molar refractivity (Wildman–Crippen MR) is 65.8 cm³/mol. The second-order valence-corrected chi connectivity index (χ2v) is 4.78. The highest BCUT2D eigenvalue weighted by molar-refractivity contribution is 4.69. The summed E-state index contributed by atoms with van der Waals surface area (Å²) in [6.45, 7) is 11.4. The van der Waals surface area contributed by atoms with E-state index in [0.717, 1.165) is 46.0 Å². The van der Waals surface area contributed by atoms with Crippen LogP contribution in [0.1, 0.15) is 13.8 Å². The molecule has 0 aromatic heterocycles. The fourth-order valence-corrected chi connectivity index (χ4v) is 2.00. The van der Waals surface area contributed by atoms with E-state index in [1.165, 1.54) is 0 Å². The maximum absolute atomic E-state index is 5.34. The smallest absolute Gasteiger partial charge is 0.0613 e. The summed E-state index contributed by atoms with van der Waals surface area (Å²) in [6.07, 6.45) is 0. The number of ether oxygens (including phenoxy) is 2. The molecule has 0 aliphatic carbocycles. The standard InChI is InChI=1S/C12H26N2O2/c1-11(8-13-12(2)10-15-3)9-14-4-6-16-7-5-14/h11-13H,4-10H2,1-3H3. The van der Waals surface area contributed by atoms with E-state index < -0.39 is 0 Å². The molecule has 2 unspecified atom stereocenters. The summed E-state index contributed by atoms with van der Waals surface area (Å²) in [4.78, 5) is 2.48. The molecule has 0 aromatic carbocycles. The molecular formula is C12H26N2O2. The number of morpholine rings is 1. The fraction of sp³-hybridized carbons (Fsp3) is 1.00. The molecule has 0 bridgehead atoms. The lowest BCUT2D eigenvalue weighted by molar-refractivity contribution is 0.0315. The molecule has 1 N–H and O–H groups in total. The minimum atomic E-state index is 0.442. The predicted octanol–water partition coefficient (Wildman–Crippen LogP) is 0.579. The Bertz CT molecular complexity index is 172. The molecule has 1 fully saturated rings. The van der Waals surface area contributed by atoms with E-state index in [4.69, 9.17) is 9.47 Å². The highest BCUT2D eigenvalue weighted by atomic mass is 16.5. The van der Waals surface area contributed by atoms with Crippen LogP contribution in [0.2, 0.25) is 0 Å². The van der Waals surface area contributed by atoms with Gasteiger partial charge in [0.15, 0.2) is 0 Å². The van der Waals surface area contributed by atoms with Crippen molar-refractivity contribution in [3.63, 3.8) is 0 Å². The molecule has 4 nitrogen and oxygen atoms in total. The van der Waals surface area contributed by atoms with Crippen LogP contribution in [0.4, 0.5) is 0 Å². The Labute approximate surface area is 99.3 Å². The van der Waals surface area contributed by atoms with Gasteiger partial charge in [-0.3, -0.25) is 4.90 Å². The van der Waals surface area contributed by atoms with Crippen molar-refractivity contribution in [3.8, 4) is 0 Å². The van der Waals surface area contributed by atoms with E-state index in [2.05, 4.69) is 24.1 Å². The number of nitrogens with zero attached hydrogens (tertiary/aromatic N) is 1. The van der Waals surface area contributed by atoms with E-state index in [9.17, 15) is 0 Å². The first kappa shape index (κ1) is 13.9. The van der Waals surface area contributed by atoms with Gasteiger partial charge in [-0.2, -0.15) is 0 Å². The van der Waals surface area contributed by atoms with Gasteiger partial charge in [0.1, 0.15) is 0 Å². The molecular weight excluding hydrogens is 204 g/mol. The van der Waals surface area contributed by atoms with E-state index in [1.54, 1.807) is 7.11 Å². The second kappa shape index (κ2) is 8.01. The van der Waals surface area contributed by atoms with Crippen molar-refractivity contribution in [1.82, 2.24) is 10.2 Å². The molecule has 1 heterocycles. The zero-order valence-corrected chi connectivity index (χ0v) is 10.9. The SMILES string of the molecule is COCC(C)NCC(C)CN1CCOCC1. The number of methoxy groups -OCH3 is 1. The monoisotopic (exact) mass is 230 g/mol. The van der Waals surface area contributed by atoms with Gasteiger partial charge in [0, 0.05) is 32.8 Å². The molecule has 96 valence electrons. The summed E-state index contributed by atoms with van der Waals surface area (Å²) < 4.78 is 10.4. The quantitative estimate of drug-likeness (QED) is 0.694. The molecule has 1 saturated heterocycles. The van der Waals surface area contributed by atoms with Gasteiger partial charge in [0.25, 0.3) is 0 Å². The molecule has 0 saturated carbocycles. The second-order valence-electron chi connectivity index (χ2n) is 4.78. The molecule has 1 aliphatic heterocycles. The third kappa shape index (κ3) is 5.80. The molecule has 0 aromatic rings. The van der Waals surface area contributed by atoms with Crippen LogP contribution in [-0.2, 0) is 9.47 Å². The molecule has 0 amide bonds. The Hall–Kier alpha value is -0.160. The van der Waals surface area contributed by atoms with Crippen LogP contribution >= 0.6 is 0 Å². The van der Waals surface area contributed by atoms with Gasteiger partial charge in [-0.15, -0.1) is 0 Å². The van der Waals surface area contributed by atoms with Gasteiger partial charge in [0.2, 0.25) is 0 Å². The van der Waals surface area contributed by atoms with Crippen molar-refractivity contribution in [2.75, 3.05) is 53.1 Å². The van der Waals surface area contributed by atoms with Crippen molar-refractivity contribution in [2.45, 2.75) is 19.9 Å². The molecule has 2 atom stereocenters. The van der Waals surface area contributed by atoms with Gasteiger partial charge in [-0.05, 0) is 19.4 Å². The Kier molecular flexibility index (Phi) is 6.96. The van der Waals surface area contributed by atoms with Crippen LogP contribution in [0.3, 0.4) is 0 Å². The van der Waals surface area contributed by atoms with Crippen LogP contribution in [0.15, 0.2) is 0 Å². The Morgan fingerprint density at radius 3 is 2.62 bits per heavy atom. The Morgan fingerprint density at radius 1 is 1.31 bits per heavy atom. The maximum atomic E-state index is 5.34. The van der Waals surface area contributed by atoms with Crippen molar-refractivity contribution < 1.29 is 9.47 Å². The lowest BCUT2D eigenvalue weighted by Crippen LogP contribution is -2.42. The normalized spacial score (nSPS) is 21.9. The highest BCUT2D eigenvalue weighted by Crippen LogP contribution is 2.02. The van der Waals surface area contributed by atoms with E-state index >= 15 is 0 Å². The summed E-state index contributed by atoms with van der Waals surface area (Å²) >= 11 is 0. The van der Waals surface area contributed by atoms with Crippen molar-refractivity contribution in [3.05, 3.63) is 0 Å². The summed E-state index contributed by atoms with van der Waals surface area (Å²) in [7, 11) is 1.75. The number of rotatable bonds is 7. The summed E-state index contributed by atoms with van der Waals surface area (Å²) in [6, 6.07) is 0.442. The largest absolute Gasteiger partial charge is 0.383 e. The first-order valence-corrected chi connectivity index (χ1v) is 6.24. The van der Waals surface area contributed by atoms with Gasteiger partial charge in [-0.25, -0.2) is 0 Å². The number of hydrogen-bond acceptors (Lipinski definition) is 4. The lowest BCUT2D eigenvalue weighted by Gasteiger charge is -2.29. The van der Waals surface area contributed by atoms with Gasteiger partial charge < -0.3 is 14.8 Å². The van der Waals surface area contributed by atoms with Gasteiger partial charge >= 0.3 is 0 Å². The first-order chi connectivity index (χ1) is 7.72. The van der Waals surface area contributed by atoms with Gasteiger partial charge in [-0.1, -0.05) is 6.92 Å². The third-order valence-electron chi connectivity index (χ3n) is 2.91. The number of nitrogens with one attached hydrogen (secondary N) is 1. The zero-order chi connectivity index (χ0) is 11.8. The van der Waals surface area contributed by atoms with Crippen molar-refractivity contribution in [2.24, 2.45) is 5.92 Å². The summed E-state index contributed by atoms with van der Waals surface area (Å²) in [5.74, 6) is 0.678. The lowest BCUT2D eigenvalue weighted by atomic mass is 10.1. The van der Waals surface area contributed by atoms with E-state index in [-0.39, 0.29) is 0 Å². The number of hydrogen-bond donors (Lipinski definition) is 1. The topological polar surface area (TPSA) is 33.7 Å². The van der Waals surface area contributed by atoms with E-state index in [0.29, 0.717) is 12.0 Å². The van der Waals surface area contributed by atoms with E-state index in [1.807, 2.05) is 0 Å². The Balaban J connectivity index is 2.07. The van der Waals surface area contributed by atoms with Crippen molar-refractivity contribution >= 4 is 0 Å². The minimum Gasteiger partial charge on any atom is -0.383 e. The van der Waals surface area contributed by atoms with Crippen LogP contribution in [0, 0.1) is 5.92 Å². The average Bonchev–Trinajstić information content (AvgIpc) is 2.28. The average molecular weight is 230 g/mol. The van der Waals surface area contributed by atoms with Gasteiger partial charge in [0.05, 0.1) is 19.8 Å².